The second-order valence-electron chi connectivity index (χ2n) is 8.43. The van der Waals surface area contributed by atoms with E-state index in [0.717, 1.165) is 23.1 Å². The third kappa shape index (κ3) is 6.29. The number of hydrazone groups is 1. The van der Waals surface area contributed by atoms with Crippen molar-refractivity contribution in [2.24, 2.45) is 16.4 Å². The van der Waals surface area contributed by atoms with E-state index in [1.54, 1.807) is 24.3 Å². The molecule has 4 nitrogen and oxygen atoms in total. The fourth-order valence-electron chi connectivity index (χ4n) is 3.19. The number of hydrogen-bond donors (Lipinski definition) is 1. The third-order valence-corrected chi connectivity index (χ3v) is 6.30. The van der Waals surface area contributed by atoms with Crippen LogP contribution in [0.2, 0.25) is 0 Å². The molecule has 0 bridgehead atoms. The molecule has 0 heterocycles. The SMILES string of the molecule is CCC(/C=C/c1ccccc1/C(C)=N/NS(=O)(=O)c1ccc(C)cc1)C(C)(C)C. The number of benzene rings is 2. The van der Waals surface area contributed by atoms with Gasteiger partial charge in [0, 0.05) is 5.56 Å². The first-order chi connectivity index (χ1) is 13.5. The summed E-state index contributed by atoms with van der Waals surface area (Å²) < 4.78 is 25.0. The molecular weight excluding hydrogens is 380 g/mol. The van der Waals surface area contributed by atoms with Crippen molar-refractivity contribution in [2.75, 3.05) is 0 Å². The Morgan fingerprint density at radius 2 is 1.72 bits per heavy atom. The Hall–Kier alpha value is -2.40. The van der Waals surface area contributed by atoms with E-state index in [9.17, 15) is 8.42 Å². The average molecular weight is 413 g/mol. The molecule has 5 heteroatoms. The Labute approximate surface area is 175 Å². The number of hydrogen-bond acceptors (Lipinski definition) is 3. The minimum Gasteiger partial charge on any atom is -0.200 e. The molecule has 0 aliphatic heterocycles. The van der Waals surface area contributed by atoms with E-state index in [4.69, 9.17) is 0 Å². The number of nitrogens with one attached hydrogen (secondary N) is 1. The predicted molar refractivity (Wildman–Crippen MR) is 122 cm³/mol. The van der Waals surface area contributed by atoms with Gasteiger partial charge in [0.1, 0.15) is 0 Å². The maximum Gasteiger partial charge on any atom is 0.276 e. The van der Waals surface area contributed by atoms with Gasteiger partial charge in [-0.05, 0) is 49.3 Å². The molecule has 0 amide bonds. The number of nitrogens with zero attached hydrogens (tertiary/aromatic N) is 1. The molecule has 1 atom stereocenters. The van der Waals surface area contributed by atoms with Crippen LogP contribution < -0.4 is 4.83 Å². The van der Waals surface area contributed by atoms with Gasteiger partial charge in [0.2, 0.25) is 0 Å². The Bertz CT molecular complexity index is 982. The van der Waals surface area contributed by atoms with Gasteiger partial charge >= 0.3 is 0 Å². The molecule has 2 aromatic carbocycles. The number of sulfonamides is 1. The Kier molecular flexibility index (Phi) is 7.42. The molecule has 29 heavy (non-hydrogen) atoms. The molecule has 0 saturated heterocycles. The minimum atomic E-state index is -3.70. The Balaban J connectivity index is 2.27. The van der Waals surface area contributed by atoms with Crippen LogP contribution in [0.5, 0.6) is 0 Å². The molecule has 156 valence electrons. The van der Waals surface area contributed by atoms with Crippen LogP contribution in [0, 0.1) is 18.3 Å². The van der Waals surface area contributed by atoms with Crippen molar-refractivity contribution in [3.05, 3.63) is 71.3 Å². The summed E-state index contributed by atoms with van der Waals surface area (Å²) >= 11 is 0. The first-order valence-electron chi connectivity index (χ1n) is 9.95. The lowest BCUT2D eigenvalue weighted by atomic mass is 9.78. The molecule has 2 rings (SSSR count). The van der Waals surface area contributed by atoms with Crippen LogP contribution in [0.15, 0.2) is 64.6 Å². The van der Waals surface area contributed by atoms with Gasteiger partial charge < -0.3 is 0 Å². The van der Waals surface area contributed by atoms with Gasteiger partial charge in [0.15, 0.2) is 0 Å². The monoisotopic (exact) mass is 412 g/mol. The first kappa shape index (κ1) is 22.9. The van der Waals surface area contributed by atoms with Crippen molar-refractivity contribution < 1.29 is 8.42 Å². The van der Waals surface area contributed by atoms with Crippen molar-refractivity contribution in [1.29, 1.82) is 0 Å². The molecule has 0 spiro atoms. The minimum absolute atomic E-state index is 0.187. The summed E-state index contributed by atoms with van der Waals surface area (Å²) in [5, 5.41) is 4.17. The van der Waals surface area contributed by atoms with E-state index >= 15 is 0 Å². The number of aryl methyl sites for hydroxylation is 1. The van der Waals surface area contributed by atoms with Crippen molar-refractivity contribution in [1.82, 2.24) is 4.83 Å². The molecule has 0 fully saturated rings. The summed E-state index contributed by atoms with van der Waals surface area (Å²) in [6, 6.07) is 14.6. The highest BCUT2D eigenvalue weighted by Gasteiger charge is 2.20. The number of allylic oxidation sites excluding steroid dienone is 1. The van der Waals surface area contributed by atoms with Gasteiger partial charge in [-0.2, -0.15) is 18.4 Å². The normalized spacial score (nSPS) is 14.2. The van der Waals surface area contributed by atoms with Crippen molar-refractivity contribution in [3.63, 3.8) is 0 Å². The zero-order chi connectivity index (χ0) is 21.7. The van der Waals surface area contributed by atoms with Crippen LogP contribution in [0.3, 0.4) is 0 Å². The van der Waals surface area contributed by atoms with E-state index in [1.807, 2.05) is 38.1 Å². The summed E-state index contributed by atoms with van der Waals surface area (Å²) in [4.78, 5) is 2.55. The fraction of sp³-hybridized carbons (Fsp3) is 0.375. The first-order valence-corrected chi connectivity index (χ1v) is 11.4. The van der Waals surface area contributed by atoms with E-state index < -0.39 is 10.0 Å². The van der Waals surface area contributed by atoms with Gasteiger partial charge in [-0.1, -0.05) is 81.8 Å². The van der Waals surface area contributed by atoms with E-state index in [2.05, 4.69) is 49.8 Å². The van der Waals surface area contributed by atoms with Crippen LogP contribution >= 0.6 is 0 Å². The predicted octanol–water partition coefficient (Wildman–Crippen LogP) is 5.78. The molecule has 0 saturated carbocycles. The van der Waals surface area contributed by atoms with Gasteiger partial charge in [0.05, 0.1) is 10.6 Å². The Morgan fingerprint density at radius 1 is 1.10 bits per heavy atom. The number of rotatable bonds is 7. The van der Waals surface area contributed by atoms with Crippen molar-refractivity contribution >= 4 is 21.8 Å². The molecule has 1 N–H and O–H groups in total. The molecule has 1 unspecified atom stereocenters. The standard InChI is InChI=1S/C24H32N2O2S/c1-7-21(24(4,5)6)15-14-20-10-8-9-11-23(20)19(3)25-26-29(27,28)22-16-12-18(2)13-17-22/h8-17,21,26H,7H2,1-6H3/b15-14+,25-19+. The quantitative estimate of drug-likeness (QED) is 0.463. The lowest BCUT2D eigenvalue weighted by molar-refractivity contribution is 0.287. The molecule has 0 radical (unpaired) electrons. The molecule has 0 aromatic heterocycles. The van der Waals surface area contributed by atoms with Crippen molar-refractivity contribution in [3.8, 4) is 0 Å². The van der Waals surface area contributed by atoms with Crippen LogP contribution in [-0.2, 0) is 10.0 Å². The summed E-state index contributed by atoms with van der Waals surface area (Å²) in [5.41, 5.74) is 3.73. The third-order valence-electron chi connectivity index (χ3n) is 5.08. The summed E-state index contributed by atoms with van der Waals surface area (Å²) in [7, 11) is -3.70. The van der Waals surface area contributed by atoms with Crippen molar-refractivity contribution in [2.45, 2.75) is 52.9 Å². The highest BCUT2D eigenvalue weighted by Crippen LogP contribution is 2.30. The largest absolute Gasteiger partial charge is 0.276 e. The van der Waals surface area contributed by atoms with E-state index in [-0.39, 0.29) is 10.3 Å². The van der Waals surface area contributed by atoms with E-state index in [1.165, 1.54) is 0 Å². The lowest BCUT2D eigenvalue weighted by Crippen LogP contribution is -2.20. The fourth-order valence-corrected chi connectivity index (χ4v) is 4.04. The molecule has 2 aromatic rings. The topological polar surface area (TPSA) is 58.5 Å². The highest BCUT2D eigenvalue weighted by molar-refractivity contribution is 7.89. The zero-order valence-corrected chi connectivity index (χ0v) is 19.0. The van der Waals surface area contributed by atoms with Crippen LogP contribution in [0.1, 0.15) is 57.7 Å². The van der Waals surface area contributed by atoms with Crippen LogP contribution in [-0.4, -0.2) is 14.1 Å². The molecule has 0 aliphatic rings. The van der Waals surface area contributed by atoms with Crippen LogP contribution in [0.4, 0.5) is 0 Å². The summed E-state index contributed by atoms with van der Waals surface area (Å²) in [6.07, 6.45) is 5.41. The van der Waals surface area contributed by atoms with Gasteiger partial charge in [-0.25, -0.2) is 0 Å². The van der Waals surface area contributed by atoms with Crippen LogP contribution in [0.25, 0.3) is 6.08 Å². The molecular formula is C24H32N2O2S. The Morgan fingerprint density at radius 3 is 2.31 bits per heavy atom. The van der Waals surface area contributed by atoms with Gasteiger partial charge in [-0.15, -0.1) is 0 Å². The van der Waals surface area contributed by atoms with Gasteiger partial charge in [-0.3, -0.25) is 0 Å². The second kappa shape index (κ2) is 9.40. The maximum absolute atomic E-state index is 12.5. The lowest BCUT2D eigenvalue weighted by Gasteiger charge is -2.27. The summed E-state index contributed by atoms with van der Waals surface area (Å²) in [5.74, 6) is 0.452. The zero-order valence-electron chi connectivity index (χ0n) is 18.2. The smallest absolute Gasteiger partial charge is 0.200 e. The highest BCUT2D eigenvalue weighted by atomic mass is 32.2. The van der Waals surface area contributed by atoms with E-state index in [0.29, 0.717) is 11.6 Å². The van der Waals surface area contributed by atoms with Gasteiger partial charge in [0.25, 0.3) is 10.0 Å². The average Bonchev–Trinajstić information content (AvgIpc) is 2.66. The maximum atomic E-state index is 12.5. The second-order valence-corrected chi connectivity index (χ2v) is 10.1. The molecule has 0 aliphatic carbocycles. The summed E-state index contributed by atoms with van der Waals surface area (Å²) in [6.45, 7) is 12.6.